The first-order chi connectivity index (χ1) is 11.8. The maximum atomic E-state index is 12.2. The molecule has 1 aromatic heterocycles. The van der Waals surface area contributed by atoms with Gasteiger partial charge in [0.1, 0.15) is 5.54 Å². The van der Waals surface area contributed by atoms with Crippen molar-refractivity contribution in [3.63, 3.8) is 0 Å². The third-order valence-corrected chi connectivity index (χ3v) is 5.11. The maximum absolute atomic E-state index is 12.2. The molecule has 0 aliphatic heterocycles. The number of nitrogens with two attached hydrogens (primary N) is 1. The van der Waals surface area contributed by atoms with E-state index in [1.807, 2.05) is 45.0 Å². The number of nitrogens with one attached hydrogen (secondary N) is 1. The summed E-state index contributed by atoms with van der Waals surface area (Å²) in [6.07, 6.45) is 0. The minimum Gasteiger partial charge on any atom is -0.337 e. The van der Waals surface area contributed by atoms with Crippen LogP contribution in [0.2, 0.25) is 0 Å². The molecule has 0 fully saturated rings. The Bertz CT molecular complexity index is 810. The molecule has 0 unspecified atom stereocenters. The van der Waals surface area contributed by atoms with Gasteiger partial charge < -0.3 is 11.2 Å². The van der Waals surface area contributed by atoms with Gasteiger partial charge in [0.25, 0.3) is 0 Å². The molecule has 0 saturated heterocycles. The Balaban J connectivity index is 2.07. The molecule has 2 aromatic rings. The number of carbonyl (C=O) groups is 1. The molecule has 1 aromatic carbocycles. The van der Waals surface area contributed by atoms with E-state index in [0.29, 0.717) is 11.0 Å². The lowest BCUT2D eigenvalue weighted by atomic mass is 9.90. The van der Waals surface area contributed by atoms with Crippen molar-refractivity contribution in [3.8, 4) is 17.5 Å². The van der Waals surface area contributed by atoms with Crippen LogP contribution in [0.25, 0.3) is 11.4 Å². The molecule has 7 nitrogen and oxygen atoms in total. The first-order valence-electron chi connectivity index (χ1n) is 7.90. The number of benzene rings is 1. The second-order valence-electron chi connectivity index (χ2n) is 6.30. The van der Waals surface area contributed by atoms with Gasteiger partial charge in [-0.3, -0.25) is 4.79 Å². The highest BCUT2D eigenvalue weighted by molar-refractivity contribution is 7.99. The molecule has 0 bridgehead atoms. The van der Waals surface area contributed by atoms with E-state index in [1.165, 1.54) is 16.4 Å². The monoisotopic (exact) mass is 358 g/mol. The molecule has 25 heavy (non-hydrogen) atoms. The van der Waals surface area contributed by atoms with Gasteiger partial charge in [-0.2, -0.15) is 5.26 Å². The summed E-state index contributed by atoms with van der Waals surface area (Å²) in [5.74, 6) is 6.48. The summed E-state index contributed by atoms with van der Waals surface area (Å²) < 4.78 is 1.38. The number of nitrogens with zero attached hydrogens (tertiary/aromatic N) is 4. The van der Waals surface area contributed by atoms with Crippen molar-refractivity contribution in [2.45, 2.75) is 38.4 Å². The van der Waals surface area contributed by atoms with Crippen molar-refractivity contribution >= 4 is 17.7 Å². The predicted molar refractivity (Wildman–Crippen MR) is 98.1 cm³/mol. The molecule has 0 aliphatic carbocycles. The fourth-order valence-corrected chi connectivity index (χ4v) is 2.80. The highest BCUT2D eigenvalue weighted by Crippen LogP contribution is 2.24. The van der Waals surface area contributed by atoms with Crippen molar-refractivity contribution in [2.75, 3.05) is 11.6 Å². The highest BCUT2D eigenvalue weighted by atomic mass is 32.2. The minimum absolute atomic E-state index is 0.00253. The Morgan fingerprint density at radius 2 is 2.12 bits per heavy atom. The predicted octanol–water partition coefficient (Wildman–Crippen LogP) is 2.11. The Morgan fingerprint density at radius 3 is 2.72 bits per heavy atom. The molecule has 0 saturated carbocycles. The summed E-state index contributed by atoms with van der Waals surface area (Å²) in [6, 6.07) is 9.89. The SMILES string of the molecule is Cc1ccccc1-c1nnc(SCC(=O)N[C@](C)(C#N)C(C)C)n1N. The van der Waals surface area contributed by atoms with Crippen molar-refractivity contribution in [1.29, 1.82) is 5.26 Å². The van der Waals surface area contributed by atoms with Gasteiger partial charge in [-0.05, 0) is 25.3 Å². The molecule has 0 spiro atoms. The largest absolute Gasteiger partial charge is 0.337 e. The Labute approximate surface area is 151 Å². The molecular weight excluding hydrogens is 336 g/mol. The number of nitriles is 1. The van der Waals surface area contributed by atoms with Crippen LogP contribution < -0.4 is 11.2 Å². The second-order valence-corrected chi connectivity index (χ2v) is 7.24. The first-order valence-corrected chi connectivity index (χ1v) is 8.88. The van der Waals surface area contributed by atoms with E-state index in [9.17, 15) is 10.1 Å². The highest BCUT2D eigenvalue weighted by Gasteiger charge is 2.30. The van der Waals surface area contributed by atoms with E-state index in [0.717, 1.165) is 11.1 Å². The number of thioether (sulfide) groups is 1. The summed E-state index contributed by atoms with van der Waals surface area (Å²) in [5.41, 5.74) is 1.03. The van der Waals surface area contributed by atoms with E-state index >= 15 is 0 Å². The average Bonchev–Trinajstić information content (AvgIpc) is 2.94. The van der Waals surface area contributed by atoms with Crippen molar-refractivity contribution in [1.82, 2.24) is 20.2 Å². The molecule has 132 valence electrons. The zero-order valence-electron chi connectivity index (χ0n) is 14.8. The first kappa shape index (κ1) is 18.8. The van der Waals surface area contributed by atoms with E-state index in [2.05, 4.69) is 21.6 Å². The van der Waals surface area contributed by atoms with Crippen LogP contribution in [0.3, 0.4) is 0 Å². The molecule has 1 atom stereocenters. The summed E-state index contributed by atoms with van der Waals surface area (Å²) in [4.78, 5) is 12.2. The van der Waals surface area contributed by atoms with Crippen molar-refractivity contribution < 1.29 is 4.79 Å². The van der Waals surface area contributed by atoms with Gasteiger partial charge in [-0.15, -0.1) is 10.2 Å². The lowest BCUT2D eigenvalue weighted by Gasteiger charge is -2.27. The van der Waals surface area contributed by atoms with Crippen LogP contribution in [-0.2, 0) is 4.79 Å². The fourth-order valence-electron chi connectivity index (χ4n) is 2.14. The van der Waals surface area contributed by atoms with Crippen molar-refractivity contribution in [2.24, 2.45) is 5.92 Å². The molecule has 8 heteroatoms. The van der Waals surface area contributed by atoms with Gasteiger partial charge >= 0.3 is 0 Å². The van der Waals surface area contributed by atoms with Gasteiger partial charge in [0.15, 0.2) is 5.82 Å². The number of aryl methyl sites for hydroxylation is 1. The molecule has 2 rings (SSSR count). The third-order valence-electron chi connectivity index (χ3n) is 4.17. The lowest BCUT2D eigenvalue weighted by molar-refractivity contribution is -0.120. The van der Waals surface area contributed by atoms with Crippen LogP contribution in [0, 0.1) is 24.2 Å². The summed E-state index contributed by atoms with van der Waals surface area (Å²) in [7, 11) is 0. The average molecular weight is 358 g/mol. The standard InChI is InChI=1S/C17H22N6OS/c1-11(2)17(4,10-18)20-14(24)9-25-16-22-21-15(23(16)19)13-8-6-5-7-12(13)3/h5-8,11H,9,19H2,1-4H3,(H,20,24)/t17-/m1/s1. The third kappa shape index (κ3) is 4.12. The topological polar surface area (TPSA) is 110 Å². The van der Waals surface area contributed by atoms with Crippen LogP contribution in [0.15, 0.2) is 29.4 Å². The quantitative estimate of drug-likeness (QED) is 0.604. The summed E-state index contributed by atoms with van der Waals surface area (Å²) in [6.45, 7) is 7.46. The van der Waals surface area contributed by atoms with E-state index in [-0.39, 0.29) is 17.6 Å². The number of aromatic nitrogens is 3. The van der Waals surface area contributed by atoms with E-state index in [4.69, 9.17) is 5.84 Å². The van der Waals surface area contributed by atoms with Gasteiger partial charge in [0.05, 0.1) is 11.8 Å². The molecule has 0 radical (unpaired) electrons. The zero-order chi connectivity index (χ0) is 18.6. The van der Waals surface area contributed by atoms with Gasteiger partial charge in [-0.1, -0.05) is 49.9 Å². The van der Waals surface area contributed by atoms with Crippen LogP contribution in [-0.4, -0.2) is 32.1 Å². The van der Waals surface area contributed by atoms with Crippen LogP contribution in [0.1, 0.15) is 26.3 Å². The number of nitrogen functional groups attached to an aromatic ring is 1. The molecule has 3 N–H and O–H groups in total. The number of rotatable bonds is 6. The van der Waals surface area contributed by atoms with Crippen LogP contribution in [0.5, 0.6) is 0 Å². The normalized spacial score (nSPS) is 13.3. The van der Waals surface area contributed by atoms with E-state index < -0.39 is 5.54 Å². The van der Waals surface area contributed by atoms with Gasteiger partial charge in [0, 0.05) is 5.56 Å². The number of carbonyl (C=O) groups excluding carboxylic acids is 1. The molecule has 1 amide bonds. The second kappa shape index (κ2) is 7.57. The summed E-state index contributed by atoms with van der Waals surface area (Å²) in [5, 5.41) is 20.7. The number of hydrogen-bond acceptors (Lipinski definition) is 6. The number of hydrogen-bond donors (Lipinski definition) is 2. The maximum Gasteiger partial charge on any atom is 0.231 e. The van der Waals surface area contributed by atoms with Crippen molar-refractivity contribution in [3.05, 3.63) is 29.8 Å². The van der Waals surface area contributed by atoms with Gasteiger partial charge in [0.2, 0.25) is 11.1 Å². The lowest BCUT2D eigenvalue weighted by Crippen LogP contribution is -2.49. The smallest absolute Gasteiger partial charge is 0.231 e. The van der Waals surface area contributed by atoms with E-state index in [1.54, 1.807) is 6.92 Å². The minimum atomic E-state index is -0.902. The van der Waals surface area contributed by atoms with Gasteiger partial charge in [-0.25, -0.2) is 4.68 Å². The zero-order valence-corrected chi connectivity index (χ0v) is 15.6. The number of amides is 1. The fraction of sp³-hybridized carbons (Fsp3) is 0.412. The molecule has 0 aliphatic rings. The molecular formula is C17H22N6OS. The Kier molecular flexibility index (Phi) is 5.69. The van der Waals surface area contributed by atoms with Crippen LogP contribution in [0.4, 0.5) is 0 Å². The summed E-state index contributed by atoms with van der Waals surface area (Å²) >= 11 is 1.18. The molecule has 1 heterocycles. The Morgan fingerprint density at radius 1 is 1.44 bits per heavy atom. The Hall–Kier alpha value is -2.53. The van der Waals surface area contributed by atoms with Crippen LogP contribution >= 0.6 is 11.8 Å².